The number of aromatic nitrogens is 1. The molecule has 2 rings (SSSR count). The molecule has 1 saturated heterocycles. The number of methoxy groups -OCH3 is 2. The van der Waals surface area contributed by atoms with Crippen molar-refractivity contribution >= 4 is 11.8 Å². The summed E-state index contributed by atoms with van der Waals surface area (Å²) in [7, 11) is 3.25. The molecule has 0 bridgehead atoms. The zero-order valence-electron chi connectivity index (χ0n) is 12.5. The molecule has 1 aliphatic heterocycles. The molecule has 0 saturated carbocycles. The average Bonchev–Trinajstić information content (AvgIpc) is 2.53. The van der Waals surface area contributed by atoms with E-state index in [1.165, 1.54) is 0 Å². The van der Waals surface area contributed by atoms with Crippen LogP contribution < -0.4 is 10.1 Å². The highest BCUT2D eigenvalue weighted by Gasteiger charge is 2.21. The van der Waals surface area contributed by atoms with E-state index in [1.807, 2.05) is 0 Å². The van der Waals surface area contributed by atoms with Crippen LogP contribution in [0.15, 0.2) is 18.2 Å². The fourth-order valence-corrected chi connectivity index (χ4v) is 2.18. The molecule has 116 valence electrons. The summed E-state index contributed by atoms with van der Waals surface area (Å²) in [4.78, 5) is 20.4. The number of amides is 2. The van der Waals surface area contributed by atoms with Crippen molar-refractivity contribution in [3.63, 3.8) is 0 Å². The standard InChI is InChI=1S/C14H22N4O3/c1-20-11-10-17-6-8-18(9-7-17)14(19)16-12-4-3-5-13(15-12)21-2/h3-5H,6-11H2,1-2H3,(H,15,16,19). The fraction of sp³-hybridized carbons (Fsp3) is 0.571. The van der Waals surface area contributed by atoms with Crippen LogP contribution in [0.3, 0.4) is 0 Å². The first kappa shape index (κ1) is 15.5. The maximum absolute atomic E-state index is 12.2. The van der Waals surface area contributed by atoms with Gasteiger partial charge in [-0.1, -0.05) is 6.07 Å². The van der Waals surface area contributed by atoms with Crippen molar-refractivity contribution in [1.29, 1.82) is 0 Å². The van der Waals surface area contributed by atoms with Crippen molar-refractivity contribution in [2.45, 2.75) is 0 Å². The van der Waals surface area contributed by atoms with E-state index in [0.717, 1.165) is 26.2 Å². The van der Waals surface area contributed by atoms with Gasteiger partial charge in [-0.15, -0.1) is 0 Å². The third kappa shape index (κ3) is 4.57. The van der Waals surface area contributed by atoms with Gasteiger partial charge in [-0.3, -0.25) is 10.2 Å². The van der Waals surface area contributed by atoms with E-state index in [-0.39, 0.29) is 6.03 Å². The summed E-state index contributed by atoms with van der Waals surface area (Å²) in [6.07, 6.45) is 0. The smallest absolute Gasteiger partial charge is 0.323 e. The molecule has 7 nitrogen and oxygen atoms in total. The van der Waals surface area contributed by atoms with Crippen molar-refractivity contribution in [2.75, 3.05) is 58.9 Å². The van der Waals surface area contributed by atoms with E-state index in [4.69, 9.17) is 9.47 Å². The van der Waals surface area contributed by atoms with Gasteiger partial charge in [0.05, 0.1) is 13.7 Å². The lowest BCUT2D eigenvalue weighted by molar-refractivity contribution is 0.109. The summed E-state index contributed by atoms with van der Waals surface area (Å²) in [5.41, 5.74) is 0. The molecule has 7 heteroatoms. The Kier molecular flexibility index (Phi) is 5.77. The lowest BCUT2D eigenvalue weighted by atomic mass is 10.3. The topological polar surface area (TPSA) is 66.9 Å². The third-order valence-electron chi connectivity index (χ3n) is 3.44. The minimum absolute atomic E-state index is 0.123. The summed E-state index contributed by atoms with van der Waals surface area (Å²) in [5, 5.41) is 2.80. The molecule has 0 unspecified atom stereocenters. The third-order valence-corrected chi connectivity index (χ3v) is 3.44. The van der Waals surface area contributed by atoms with Crippen LogP contribution >= 0.6 is 0 Å². The maximum Gasteiger partial charge on any atom is 0.323 e. The van der Waals surface area contributed by atoms with E-state index in [1.54, 1.807) is 37.3 Å². The molecule has 1 N–H and O–H groups in total. The summed E-state index contributed by atoms with van der Waals surface area (Å²) >= 11 is 0. The number of hydrogen-bond donors (Lipinski definition) is 1. The van der Waals surface area contributed by atoms with E-state index >= 15 is 0 Å². The van der Waals surface area contributed by atoms with Crippen LogP contribution in [-0.4, -0.2) is 74.4 Å². The minimum atomic E-state index is -0.123. The SMILES string of the molecule is COCCN1CCN(C(=O)Nc2cccc(OC)n2)CC1. The second-order valence-electron chi connectivity index (χ2n) is 4.82. The number of urea groups is 1. The Balaban J connectivity index is 1.81. The Hall–Kier alpha value is -1.86. The van der Waals surface area contributed by atoms with Crippen molar-refractivity contribution in [2.24, 2.45) is 0 Å². The number of rotatable bonds is 5. The molecular weight excluding hydrogens is 272 g/mol. The summed E-state index contributed by atoms with van der Waals surface area (Å²) in [5.74, 6) is 0.985. The molecule has 0 atom stereocenters. The summed E-state index contributed by atoms with van der Waals surface area (Å²) in [6, 6.07) is 5.16. The van der Waals surface area contributed by atoms with Crippen molar-refractivity contribution in [1.82, 2.24) is 14.8 Å². The summed E-state index contributed by atoms with van der Waals surface area (Å²) < 4.78 is 10.1. The number of anilines is 1. The predicted molar refractivity (Wildman–Crippen MR) is 79.7 cm³/mol. The van der Waals surface area contributed by atoms with E-state index < -0.39 is 0 Å². The van der Waals surface area contributed by atoms with Gasteiger partial charge in [-0.05, 0) is 6.07 Å². The average molecular weight is 294 g/mol. The molecule has 21 heavy (non-hydrogen) atoms. The van der Waals surface area contributed by atoms with Crippen LogP contribution in [0.1, 0.15) is 0 Å². The predicted octanol–water partition coefficient (Wildman–Crippen LogP) is 0.886. The lowest BCUT2D eigenvalue weighted by Gasteiger charge is -2.34. The zero-order chi connectivity index (χ0) is 15.1. The number of ether oxygens (including phenoxy) is 2. The van der Waals surface area contributed by atoms with Gasteiger partial charge in [0.2, 0.25) is 5.88 Å². The Bertz CT molecular complexity index is 461. The van der Waals surface area contributed by atoms with Crippen molar-refractivity contribution in [3.05, 3.63) is 18.2 Å². The number of nitrogens with one attached hydrogen (secondary N) is 1. The molecule has 0 aliphatic carbocycles. The molecule has 0 radical (unpaired) electrons. The second-order valence-corrected chi connectivity index (χ2v) is 4.82. The van der Waals surface area contributed by atoms with Gasteiger partial charge in [-0.25, -0.2) is 4.79 Å². The zero-order valence-corrected chi connectivity index (χ0v) is 12.5. The fourth-order valence-electron chi connectivity index (χ4n) is 2.18. The molecule has 0 spiro atoms. The number of pyridine rings is 1. The Morgan fingerprint density at radius 3 is 2.71 bits per heavy atom. The Morgan fingerprint density at radius 2 is 2.05 bits per heavy atom. The highest BCUT2D eigenvalue weighted by molar-refractivity contribution is 5.88. The van der Waals surface area contributed by atoms with E-state index in [9.17, 15) is 4.79 Å². The van der Waals surface area contributed by atoms with Gasteiger partial charge < -0.3 is 14.4 Å². The van der Waals surface area contributed by atoms with Crippen LogP contribution in [0.2, 0.25) is 0 Å². The van der Waals surface area contributed by atoms with Crippen LogP contribution in [0.5, 0.6) is 5.88 Å². The number of nitrogens with zero attached hydrogens (tertiary/aromatic N) is 3. The van der Waals surface area contributed by atoms with E-state index in [2.05, 4.69) is 15.2 Å². The quantitative estimate of drug-likeness (QED) is 0.873. The molecule has 0 aromatic carbocycles. The maximum atomic E-state index is 12.2. The molecule has 1 aromatic heterocycles. The first-order valence-corrected chi connectivity index (χ1v) is 7.01. The normalized spacial score (nSPS) is 15.8. The van der Waals surface area contributed by atoms with Crippen molar-refractivity contribution in [3.8, 4) is 5.88 Å². The lowest BCUT2D eigenvalue weighted by Crippen LogP contribution is -2.50. The first-order valence-electron chi connectivity index (χ1n) is 7.01. The van der Waals surface area contributed by atoms with E-state index in [0.29, 0.717) is 24.8 Å². The van der Waals surface area contributed by atoms with Crippen LogP contribution in [0.25, 0.3) is 0 Å². The summed E-state index contributed by atoms with van der Waals surface area (Å²) in [6.45, 7) is 4.77. The minimum Gasteiger partial charge on any atom is -0.481 e. The van der Waals surface area contributed by atoms with Gasteiger partial charge in [0.25, 0.3) is 0 Å². The van der Waals surface area contributed by atoms with Crippen LogP contribution in [-0.2, 0) is 4.74 Å². The Morgan fingerprint density at radius 1 is 1.29 bits per heavy atom. The number of hydrogen-bond acceptors (Lipinski definition) is 5. The van der Waals surface area contributed by atoms with Gasteiger partial charge in [0.15, 0.2) is 0 Å². The largest absolute Gasteiger partial charge is 0.481 e. The molecule has 1 aromatic rings. The molecule has 2 amide bonds. The van der Waals surface area contributed by atoms with Gasteiger partial charge in [0.1, 0.15) is 5.82 Å². The molecular formula is C14H22N4O3. The van der Waals surface area contributed by atoms with Crippen molar-refractivity contribution < 1.29 is 14.3 Å². The van der Waals surface area contributed by atoms with Gasteiger partial charge in [-0.2, -0.15) is 4.98 Å². The number of carbonyl (C=O) groups is 1. The second kappa shape index (κ2) is 7.80. The van der Waals surface area contributed by atoms with Crippen LogP contribution in [0.4, 0.5) is 10.6 Å². The van der Waals surface area contributed by atoms with Gasteiger partial charge >= 0.3 is 6.03 Å². The molecule has 1 aliphatic rings. The number of carbonyl (C=O) groups excluding carboxylic acids is 1. The molecule has 2 heterocycles. The Labute approximate surface area is 124 Å². The molecule has 1 fully saturated rings. The highest BCUT2D eigenvalue weighted by Crippen LogP contribution is 2.12. The first-order chi connectivity index (χ1) is 10.2. The van der Waals surface area contributed by atoms with Gasteiger partial charge in [0, 0.05) is 45.9 Å². The monoisotopic (exact) mass is 294 g/mol. The number of piperazine rings is 1. The van der Waals surface area contributed by atoms with Crippen LogP contribution in [0, 0.1) is 0 Å². The highest BCUT2D eigenvalue weighted by atomic mass is 16.5.